The largest absolute Gasteiger partial charge is 0.227 e. The van der Waals surface area contributed by atoms with Gasteiger partial charge in [0.05, 0.1) is 0 Å². The molecule has 0 N–H and O–H groups in total. The number of nitrogens with zero attached hydrogens (tertiary/aromatic N) is 3. The van der Waals surface area contributed by atoms with Crippen LogP contribution in [0, 0.1) is 13.8 Å². The third-order valence-corrected chi connectivity index (χ3v) is 3.54. The molecule has 2 rings (SSSR count). The molecule has 0 unspecified atom stereocenters. The molecule has 1 aromatic carbocycles. The lowest BCUT2D eigenvalue weighted by Crippen LogP contribution is -2.12. The normalized spacial score (nSPS) is 11.8. The highest BCUT2D eigenvalue weighted by molar-refractivity contribution is 6.31. The monoisotopic (exact) mass is 309 g/mol. The summed E-state index contributed by atoms with van der Waals surface area (Å²) in [5.74, 6) is 0.519. The summed E-state index contributed by atoms with van der Waals surface area (Å²) in [6.07, 6.45) is 0. The Kier molecular flexibility index (Phi) is 4.03. The molecular formula is C15H17Cl2N3. The minimum atomic E-state index is 0.0996. The van der Waals surface area contributed by atoms with Gasteiger partial charge < -0.3 is 0 Å². The van der Waals surface area contributed by atoms with Crippen molar-refractivity contribution in [2.45, 2.75) is 40.0 Å². The van der Waals surface area contributed by atoms with Gasteiger partial charge in [-0.2, -0.15) is 15.0 Å². The van der Waals surface area contributed by atoms with Gasteiger partial charge in [-0.25, -0.2) is 0 Å². The molecule has 2 aromatic rings. The van der Waals surface area contributed by atoms with Crippen molar-refractivity contribution in [3.8, 4) is 11.4 Å². The van der Waals surface area contributed by atoms with Crippen LogP contribution in [0.3, 0.4) is 0 Å². The van der Waals surface area contributed by atoms with Crippen LogP contribution in [0.2, 0.25) is 10.6 Å². The van der Waals surface area contributed by atoms with Gasteiger partial charge in [-0.1, -0.05) is 32.9 Å². The van der Waals surface area contributed by atoms with E-state index in [0.29, 0.717) is 5.82 Å². The predicted molar refractivity (Wildman–Crippen MR) is 83.5 cm³/mol. The third kappa shape index (κ3) is 3.10. The fraction of sp³-hybridized carbons (Fsp3) is 0.400. The molecule has 0 radical (unpaired) electrons. The first kappa shape index (κ1) is 15.2. The summed E-state index contributed by atoms with van der Waals surface area (Å²) in [6.45, 7) is 10.7. The zero-order valence-electron chi connectivity index (χ0n) is 12.3. The minimum absolute atomic E-state index is 0.0996. The van der Waals surface area contributed by atoms with Crippen LogP contribution in [0.4, 0.5) is 0 Å². The van der Waals surface area contributed by atoms with E-state index >= 15 is 0 Å². The van der Waals surface area contributed by atoms with E-state index in [4.69, 9.17) is 23.2 Å². The fourth-order valence-electron chi connectivity index (χ4n) is 2.19. The summed E-state index contributed by atoms with van der Waals surface area (Å²) < 4.78 is 0. The second-order valence-corrected chi connectivity index (χ2v) is 6.61. The molecule has 0 fully saturated rings. The van der Waals surface area contributed by atoms with Crippen molar-refractivity contribution in [1.29, 1.82) is 0 Å². The Bertz CT molecular complexity index is 617. The Hall–Kier alpha value is -1.19. The van der Waals surface area contributed by atoms with Gasteiger partial charge in [0.2, 0.25) is 10.6 Å². The van der Waals surface area contributed by atoms with Crippen LogP contribution in [0.15, 0.2) is 12.1 Å². The van der Waals surface area contributed by atoms with Gasteiger partial charge in [-0.15, -0.1) is 0 Å². The van der Waals surface area contributed by atoms with E-state index in [9.17, 15) is 0 Å². The Morgan fingerprint density at radius 3 is 1.70 bits per heavy atom. The number of rotatable bonds is 1. The fourth-order valence-corrected chi connectivity index (χ4v) is 2.55. The molecule has 0 aliphatic rings. The van der Waals surface area contributed by atoms with E-state index in [0.717, 1.165) is 16.7 Å². The second-order valence-electron chi connectivity index (χ2n) is 5.93. The van der Waals surface area contributed by atoms with E-state index in [1.54, 1.807) is 0 Å². The number of aryl methyl sites for hydroxylation is 2. The highest BCUT2D eigenvalue weighted by Crippen LogP contribution is 2.31. The van der Waals surface area contributed by atoms with E-state index < -0.39 is 0 Å². The van der Waals surface area contributed by atoms with Gasteiger partial charge in [0, 0.05) is 5.56 Å². The number of hydrogen-bond donors (Lipinski definition) is 0. The van der Waals surface area contributed by atoms with Gasteiger partial charge in [-0.05, 0) is 59.2 Å². The van der Waals surface area contributed by atoms with Crippen LogP contribution in [0.25, 0.3) is 11.4 Å². The highest BCUT2D eigenvalue weighted by Gasteiger charge is 2.18. The quantitative estimate of drug-likeness (QED) is 0.762. The first-order chi connectivity index (χ1) is 9.18. The lowest BCUT2D eigenvalue weighted by molar-refractivity contribution is 0.589. The summed E-state index contributed by atoms with van der Waals surface area (Å²) in [5, 5.41) is 0.220. The van der Waals surface area contributed by atoms with Crippen molar-refractivity contribution in [3.05, 3.63) is 39.4 Å². The van der Waals surface area contributed by atoms with Crippen molar-refractivity contribution in [3.63, 3.8) is 0 Å². The van der Waals surface area contributed by atoms with Crippen molar-refractivity contribution in [2.24, 2.45) is 0 Å². The van der Waals surface area contributed by atoms with Crippen molar-refractivity contribution in [1.82, 2.24) is 15.0 Å². The molecule has 0 aliphatic carbocycles. The van der Waals surface area contributed by atoms with E-state index in [-0.39, 0.29) is 16.0 Å². The molecular weight excluding hydrogens is 293 g/mol. The first-order valence-corrected chi connectivity index (χ1v) is 7.13. The summed E-state index contributed by atoms with van der Waals surface area (Å²) in [5.41, 5.74) is 4.55. The van der Waals surface area contributed by atoms with Crippen LogP contribution in [-0.2, 0) is 5.41 Å². The third-order valence-electron chi connectivity index (χ3n) is 3.20. The molecule has 0 aliphatic heterocycles. The minimum Gasteiger partial charge on any atom is -0.198 e. The second kappa shape index (κ2) is 5.30. The molecule has 1 heterocycles. The van der Waals surface area contributed by atoms with Crippen LogP contribution in [-0.4, -0.2) is 15.0 Å². The van der Waals surface area contributed by atoms with Gasteiger partial charge in [0.25, 0.3) is 0 Å². The molecule has 0 saturated heterocycles. The Labute approximate surface area is 129 Å². The summed E-state index contributed by atoms with van der Waals surface area (Å²) >= 11 is 11.7. The maximum Gasteiger partial charge on any atom is 0.227 e. The van der Waals surface area contributed by atoms with Crippen LogP contribution < -0.4 is 0 Å². The van der Waals surface area contributed by atoms with E-state index in [1.165, 1.54) is 5.56 Å². The molecule has 20 heavy (non-hydrogen) atoms. The van der Waals surface area contributed by atoms with Crippen LogP contribution in [0.1, 0.15) is 37.5 Å². The Morgan fingerprint density at radius 2 is 1.30 bits per heavy atom. The summed E-state index contributed by atoms with van der Waals surface area (Å²) in [4.78, 5) is 12.1. The molecule has 1 aromatic heterocycles. The predicted octanol–water partition coefficient (Wildman–Crippen LogP) is 4.76. The zero-order valence-corrected chi connectivity index (χ0v) is 13.8. The topological polar surface area (TPSA) is 38.7 Å². The number of hydrogen-bond acceptors (Lipinski definition) is 3. The standard InChI is InChI=1S/C15H17Cl2N3/c1-8-6-10(15(3,4)5)7-9(2)11(8)12-18-13(16)20-14(17)19-12/h6-7H,1-5H3. The van der Waals surface area contributed by atoms with Crippen molar-refractivity contribution in [2.75, 3.05) is 0 Å². The van der Waals surface area contributed by atoms with Crippen molar-refractivity contribution >= 4 is 23.2 Å². The van der Waals surface area contributed by atoms with Gasteiger partial charge in [-0.3, -0.25) is 0 Å². The van der Waals surface area contributed by atoms with E-state index in [2.05, 4.69) is 47.9 Å². The molecule has 0 atom stereocenters. The van der Waals surface area contributed by atoms with Gasteiger partial charge in [0.15, 0.2) is 5.82 Å². The Balaban J connectivity index is 2.64. The maximum absolute atomic E-state index is 5.86. The van der Waals surface area contributed by atoms with Gasteiger partial charge in [0.1, 0.15) is 0 Å². The van der Waals surface area contributed by atoms with Crippen LogP contribution >= 0.6 is 23.2 Å². The molecule has 106 valence electrons. The molecule has 0 bridgehead atoms. The summed E-state index contributed by atoms with van der Waals surface area (Å²) in [6, 6.07) is 4.32. The number of aromatic nitrogens is 3. The maximum atomic E-state index is 5.86. The summed E-state index contributed by atoms with van der Waals surface area (Å²) in [7, 11) is 0. The number of benzene rings is 1. The lowest BCUT2D eigenvalue weighted by Gasteiger charge is -2.22. The molecule has 0 saturated carbocycles. The molecule has 3 nitrogen and oxygen atoms in total. The van der Waals surface area contributed by atoms with E-state index in [1.807, 2.05) is 13.8 Å². The SMILES string of the molecule is Cc1cc(C(C)(C)C)cc(C)c1-c1nc(Cl)nc(Cl)n1. The molecule has 0 amide bonds. The average molecular weight is 310 g/mol. The Morgan fingerprint density at radius 1 is 0.850 bits per heavy atom. The molecule has 5 heteroatoms. The molecule has 0 spiro atoms. The zero-order chi connectivity index (χ0) is 15.1. The highest BCUT2D eigenvalue weighted by atomic mass is 35.5. The van der Waals surface area contributed by atoms with Crippen LogP contribution in [0.5, 0.6) is 0 Å². The smallest absolute Gasteiger partial charge is 0.198 e. The first-order valence-electron chi connectivity index (χ1n) is 6.37. The van der Waals surface area contributed by atoms with Gasteiger partial charge >= 0.3 is 0 Å². The van der Waals surface area contributed by atoms with Crippen molar-refractivity contribution < 1.29 is 0 Å². The number of halogens is 2. The average Bonchev–Trinajstić information content (AvgIpc) is 2.25. The lowest BCUT2D eigenvalue weighted by atomic mass is 9.83.